The number of allylic oxidation sites excluding steroid dienone is 2. The van der Waals surface area contributed by atoms with Crippen molar-refractivity contribution in [1.29, 1.82) is 0 Å². The summed E-state index contributed by atoms with van der Waals surface area (Å²) in [6.45, 7) is 8.85. The minimum Gasteiger partial charge on any atom is -0.285 e. The molecule has 0 bridgehead atoms. The van der Waals surface area contributed by atoms with E-state index in [4.69, 9.17) is 0 Å². The summed E-state index contributed by atoms with van der Waals surface area (Å²) in [6, 6.07) is 0. The minimum absolute atomic E-state index is 0.0775. The first-order chi connectivity index (χ1) is 11.5. The Balaban J connectivity index is 2.58. The summed E-state index contributed by atoms with van der Waals surface area (Å²) in [5.41, 5.74) is 3.08. The number of likely N-dealkylation sites (tertiary alicyclic amines) is 1. The second-order valence-electron chi connectivity index (χ2n) is 7.63. The normalized spacial score (nSPS) is 30.3. The summed E-state index contributed by atoms with van der Waals surface area (Å²) >= 11 is 0. The van der Waals surface area contributed by atoms with E-state index in [0.29, 0.717) is 0 Å². The second-order valence-corrected chi connectivity index (χ2v) is 7.63. The Morgan fingerprint density at radius 1 is 0.708 bits per heavy atom. The number of carbonyl (C=O) groups is 2. The fourth-order valence-corrected chi connectivity index (χ4v) is 5.18. The van der Waals surface area contributed by atoms with Crippen LogP contribution < -0.4 is 0 Å². The summed E-state index contributed by atoms with van der Waals surface area (Å²) in [7, 11) is 1.69. The van der Waals surface area contributed by atoms with Gasteiger partial charge in [-0.1, -0.05) is 64.5 Å². The molecular weight excluding hydrogens is 298 g/mol. The molecule has 2 rings (SSSR count). The monoisotopic (exact) mass is 333 g/mol. The van der Waals surface area contributed by atoms with Crippen molar-refractivity contribution in [3.05, 3.63) is 11.1 Å². The number of carbonyl (C=O) groups excluding carboxylic acids is 2. The third-order valence-electron chi connectivity index (χ3n) is 6.03. The van der Waals surface area contributed by atoms with Crippen LogP contribution in [0.2, 0.25) is 0 Å². The van der Waals surface area contributed by atoms with Gasteiger partial charge in [0.25, 0.3) is 0 Å². The Morgan fingerprint density at radius 2 is 1.08 bits per heavy atom. The standard InChI is InChI=1S/C21H35NO2/c1-6-10-14-15(11-7-2)17(13-9-4)19-18(16(14)12-8-3)20(23)22(5)21(19)24/h16-19H,6-13H2,1-5H3. The molecule has 0 aromatic heterocycles. The van der Waals surface area contributed by atoms with Gasteiger partial charge in [0.1, 0.15) is 0 Å². The van der Waals surface area contributed by atoms with E-state index in [2.05, 4.69) is 27.7 Å². The average Bonchev–Trinajstić information content (AvgIpc) is 2.78. The molecule has 3 nitrogen and oxygen atoms in total. The molecule has 136 valence electrons. The maximum absolute atomic E-state index is 12.9. The molecule has 1 saturated heterocycles. The van der Waals surface area contributed by atoms with Crippen molar-refractivity contribution in [2.24, 2.45) is 23.7 Å². The van der Waals surface area contributed by atoms with Gasteiger partial charge in [-0.05, 0) is 37.5 Å². The predicted octanol–water partition coefficient (Wildman–Crippen LogP) is 4.96. The summed E-state index contributed by atoms with van der Waals surface area (Å²) in [4.78, 5) is 27.2. The number of rotatable bonds is 8. The van der Waals surface area contributed by atoms with Crippen LogP contribution in [0.15, 0.2) is 11.1 Å². The highest BCUT2D eigenvalue weighted by molar-refractivity contribution is 6.05. The van der Waals surface area contributed by atoms with E-state index >= 15 is 0 Å². The first kappa shape index (κ1) is 19.2. The van der Waals surface area contributed by atoms with E-state index in [1.807, 2.05) is 0 Å². The molecule has 0 spiro atoms. The Labute approximate surface area is 147 Å². The topological polar surface area (TPSA) is 37.4 Å². The Bertz CT molecular complexity index is 464. The number of amides is 2. The van der Waals surface area contributed by atoms with Gasteiger partial charge in [0.15, 0.2) is 0 Å². The van der Waals surface area contributed by atoms with Crippen molar-refractivity contribution >= 4 is 11.8 Å². The van der Waals surface area contributed by atoms with Gasteiger partial charge in [-0.15, -0.1) is 0 Å². The van der Waals surface area contributed by atoms with Gasteiger partial charge in [-0.3, -0.25) is 14.5 Å². The highest BCUT2D eigenvalue weighted by Crippen LogP contribution is 2.52. The molecule has 1 aliphatic carbocycles. The first-order valence-corrected chi connectivity index (χ1v) is 10.1. The second kappa shape index (κ2) is 8.31. The van der Waals surface area contributed by atoms with Crippen LogP contribution in [0.5, 0.6) is 0 Å². The lowest BCUT2D eigenvalue weighted by atomic mass is 9.61. The van der Waals surface area contributed by atoms with E-state index in [1.165, 1.54) is 16.0 Å². The maximum Gasteiger partial charge on any atom is 0.233 e. The smallest absolute Gasteiger partial charge is 0.233 e. The van der Waals surface area contributed by atoms with Crippen LogP contribution in [0.4, 0.5) is 0 Å². The molecule has 4 atom stereocenters. The van der Waals surface area contributed by atoms with E-state index in [0.717, 1.165) is 51.4 Å². The maximum atomic E-state index is 12.9. The molecule has 4 unspecified atom stereocenters. The van der Waals surface area contributed by atoms with E-state index in [9.17, 15) is 9.59 Å². The molecule has 1 aliphatic heterocycles. The molecule has 2 amide bonds. The van der Waals surface area contributed by atoms with Gasteiger partial charge in [0.05, 0.1) is 11.8 Å². The minimum atomic E-state index is -0.0962. The summed E-state index contributed by atoms with van der Waals surface area (Å²) in [5, 5.41) is 0. The van der Waals surface area contributed by atoms with Gasteiger partial charge < -0.3 is 0 Å². The van der Waals surface area contributed by atoms with Crippen molar-refractivity contribution in [3.8, 4) is 0 Å². The SMILES string of the molecule is CCCC1=C(CCC)C(CCC)C2C(=O)N(C)C(=O)C2C1CCC. The lowest BCUT2D eigenvalue weighted by molar-refractivity contribution is -0.138. The van der Waals surface area contributed by atoms with Gasteiger partial charge in [0, 0.05) is 7.05 Å². The zero-order chi connectivity index (χ0) is 17.9. The van der Waals surface area contributed by atoms with Crippen molar-refractivity contribution < 1.29 is 9.59 Å². The van der Waals surface area contributed by atoms with Crippen molar-refractivity contribution in [2.45, 2.75) is 79.1 Å². The van der Waals surface area contributed by atoms with Gasteiger partial charge >= 0.3 is 0 Å². The van der Waals surface area contributed by atoms with Gasteiger partial charge in [-0.25, -0.2) is 0 Å². The molecule has 2 aliphatic rings. The molecule has 1 heterocycles. The molecule has 0 N–H and O–H groups in total. The number of fused-ring (bicyclic) bond motifs is 1. The fraction of sp³-hybridized carbons (Fsp3) is 0.810. The average molecular weight is 334 g/mol. The number of nitrogens with zero attached hydrogens (tertiary/aromatic N) is 1. The number of hydrogen-bond acceptors (Lipinski definition) is 2. The van der Waals surface area contributed by atoms with Crippen molar-refractivity contribution in [1.82, 2.24) is 4.90 Å². The Kier molecular flexibility index (Phi) is 6.65. The van der Waals surface area contributed by atoms with Crippen LogP contribution in [0.1, 0.15) is 79.1 Å². The molecule has 0 aromatic rings. The highest BCUT2D eigenvalue weighted by atomic mass is 16.2. The molecule has 0 saturated carbocycles. The van der Waals surface area contributed by atoms with Crippen molar-refractivity contribution in [2.75, 3.05) is 7.05 Å². The lowest BCUT2D eigenvalue weighted by Crippen LogP contribution is -2.39. The summed E-state index contributed by atoms with van der Waals surface area (Å²) in [6.07, 6.45) is 8.65. The Hall–Kier alpha value is -1.12. The largest absolute Gasteiger partial charge is 0.285 e. The third kappa shape index (κ3) is 3.19. The molecule has 0 aromatic carbocycles. The van der Waals surface area contributed by atoms with E-state index in [-0.39, 0.29) is 35.5 Å². The zero-order valence-corrected chi connectivity index (χ0v) is 16.2. The lowest BCUT2D eigenvalue weighted by Gasteiger charge is -2.41. The molecular formula is C21H35NO2. The van der Waals surface area contributed by atoms with E-state index in [1.54, 1.807) is 7.05 Å². The fourth-order valence-electron chi connectivity index (χ4n) is 5.18. The molecule has 3 heteroatoms. The van der Waals surface area contributed by atoms with Crippen LogP contribution >= 0.6 is 0 Å². The predicted molar refractivity (Wildman–Crippen MR) is 98.4 cm³/mol. The number of imide groups is 1. The summed E-state index contributed by atoms with van der Waals surface area (Å²) in [5.74, 6) is 0.539. The third-order valence-corrected chi connectivity index (χ3v) is 6.03. The van der Waals surface area contributed by atoms with Crippen LogP contribution in [0.25, 0.3) is 0 Å². The van der Waals surface area contributed by atoms with E-state index < -0.39 is 0 Å². The number of hydrogen-bond donors (Lipinski definition) is 0. The molecule has 0 radical (unpaired) electrons. The van der Waals surface area contributed by atoms with Crippen LogP contribution in [-0.4, -0.2) is 23.8 Å². The van der Waals surface area contributed by atoms with Crippen LogP contribution in [-0.2, 0) is 9.59 Å². The van der Waals surface area contributed by atoms with Gasteiger partial charge in [0.2, 0.25) is 11.8 Å². The first-order valence-electron chi connectivity index (χ1n) is 10.1. The van der Waals surface area contributed by atoms with Gasteiger partial charge in [-0.2, -0.15) is 0 Å². The van der Waals surface area contributed by atoms with Crippen LogP contribution in [0, 0.1) is 23.7 Å². The molecule has 1 fully saturated rings. The summed E-state index contributed by atoms with van der Waals surface area (Å²) < 4.78 is 0. The van der Waals surface area contributed by atoms with Crippen LogP contribution in [0.3, 0.4) is 0 Å². The Morgan fingerprint density at radius 3 is 1.38 bits per heavy atom. The van der Waals surface area contributed by atoms with Crippen molar-refractivity contribution in [3.63, 3.8) is 0 Å². The molecule has 24 heavy (non-hydrogen) atoms. The highest BCUT2D eigenvalue weighted by Gasteiger charge is 2.55. The zero-order valence-electron chi connectivity index (χ0n) is 16.2. The quantitative estimate of drug-likeness (QED) is 0.465.